The van der Waals surface area contributed by atoms with Crippen LogP contribution in [0.5, 0.6) is 0 Å². The van der Waals surface area contributed by atoms with E-state index in [-0.39, 0.29) is 5.56 Å². The van der Waals surface area contributed by atoms with Gasteiger partial charge in [-0.1, -0.05) is 19.9 Å². The fourth-order valence-electron chi connectivity index (χ4n) is 2.42. The first-order chi connectivity index (χ1) is 9.63. The van der Waals surface area contributed by atoms with Gasteiger partial charge in [0, 0.05) is 44.1 Å². The van der Waals surface area contributed by atoms with Crippen molar-refractivity contribution in [3.8, 4) is 0 Å². The molecule has 4 heteroatoms. The molecule has 0 unspecified atom stereocenters. The smallest absolute Gasteiger partial charge is 0.255 e. The van der Waals surface area contributed by atoms with Crippen molar-refractivity contribution < 1.29 is 4.74 Å². The summed E-state index contributed by atoms with van der Waals surface area (Å²) in [5.74, 6) is 0.357. The minimum atomic E-state index is 0.153. The van der Waals surface area contributed by atoms with Gasteiger partial charge in [-0.3, -0.25) is 4.79 Å². The van der Waals surface area contributed by atoms with Crippen molar-refractivity contribution in [2.75, 3.05) is 13.7 Å². The maximum absolute atomic E-state index is 12.6. The average Bonchev–Trinajstić information content (AvgIpc) is 3.23. The third-order valence-corrected chi connectivity index (χ3v) is 3.77. The summed E-state index contributed by atoms with van der Waals surface area (Å²) in [5.41, 5.74) is 2.14. The van der Waals surface area contributed by atoms with Crippen molar-refractivity contribution in [2.45, 2.75) is 58.2 Å². The first-order valence-electron chi connectivity index (χ1n) is 7.58. The highest BCUT2D eigenvalue weighted by molar-refractivity contribution is 5.18. The largest absolute Gasteiger partial charge is 0.385 e. The highest BCUT2D eigenvalue weighted by Gasteiger charge is 2.21. The van der Waals surface area contributed by atoms with Crippen LogP contribution < -0.4 is 10.9 Å². The average molecular weight is 278 g/mol. The summed E-state index contributed by atoms with van der Waals surface area (Å²) < 4.78 is 7.02. The molecule has 1 fully saturated rings. The van der Waals surface area contributed by atoms with Crippen LogP contribution in [0.25, 0.3) is 0 Å². The molecule has 112 valence electrons. The maximum Gasteiger partial charge on any atom is 0.255 e. The van der Waals surface area contributed by atoms with Crippen LogP contribution in [-0.4, -0.2) is 24.3 Å². The Morgan fingerprint density at radius 3 is 2.75 bits per heavy atom. The van der Waals surface area contributed by atoms with Crippen LogP contribution in [-0.2, 0) is 17.8 Å². The van der Waals surface area contributed by atoms with E-state index in [0.29, 0.717) is 25.1 Å². The molecule has 0 spiro atoms. The van der Waals surface area contributed by atoms with E-state index in [1.165, 1.54) is 12.8 Å². The van der Waals surface area contributed by atoms with E-state index in [2.05, 4.69) is 25.2 Å². The highest BCUT2D eigenvalue weighted by Crippen LogP contribution is 2.19. The van der Waals surface area contributed by atoms with Crippen LogP contribution >= 0.6 is 0 Å². The Hall–Kier alpha value is -1.13. The molecule has 4 nitrogen and oxygen atoms in total. The van der Waals surface area contributed by atoms with Crippen molar-refractivity contribution in [3.05, 3.63) is 33.7 Å². The van der Waals surface area contributed by atoms with Crippen LogP contribution in [0.2, 0.25) is 0 Å². The first-order valence-corrected chi connectivity index (χ1v) is 7.58. The number of hydrogen-bond acceptors (Lipinski definition) is 3. The maximum atomic E-state index is 12.6. The van der Waals surface area contributed by atoms with Crippen LogP contribution in [0.3, 0.4) is 0 Å². The lowest BCUT2D eigenvalue weighted by Crippen LogP contribution is -2.30. The highest BCUT2D eigenvalue weighted by atomic mass is 16.5. The number of rotatable bonds is 8. The zero-order chi connectivity index (χ0) is 14.5. The van der Waals surface area contributed by atoms with Crippen molar-refractivity contribution >= 4 is 0 Å². The predicted molar refractivity (Wildman–Crippen MR) is 81.1 cm³/mol. The molecule has 1 aromatic heterocycles. The summed E-state index contributed by atoms with van der Waals surface area (Å²) in [5, 5.41) is 3.42. The molecule has 1 aliphatic carbocycles. The van der Waals surface area contributed by atoms with E-state index < -0.39 is 0 Å². The third kappa shape index (κ3) is 3.93. The van der Waals surface area contributed by atoms with Crippen LogP contribution in [0.4, 0.5) is 0 Å². The van der Waals surface area contributed by atoms with E-state index >= 15 is 0 Å². The van der Waals surface area contributed by atoms with Crippen LogP contribution in [0.15, 0.2) is 16.9 Å². The van der Waals surface area contributed by atoms with Gasteiger partial charge in [-0.2, -0.15) is 0 Å². The minimum Gasteiger partial charge on any atom is -0.385 e. The van der Waals surface area contributed by atoms with Gasteiger partial charge < -0.3 is 14.6 Å². The first kappa shape index (κ1) is 15.3. The Kier molecular flexibility index (Phi) is 5.38. The number of ether oxygens (including phenoxy) is 1. The monoisotopic (exact) mass is 278 g/mol. The standard InChI is InChI=1S/C16H26N2O2/c1-12(2)15-8-5-13(11-17-14-6-7-14)16(19)18(15)9-4-10-20-3/h5,8,12,14,17H,4,6-7,9-11H2,1-3H3. The summed E-state index contributed by atoms with van der Waals surface area (Å²) >= 11 is 0. The second-order valence-electron chi connectivity index (χ2n) is 5.90. The Bertz CT molecular complexity index is 490. The van der Waals surface area contributed by atoms with Gasteiger partial charge in [-0.05, 0) is 31.2 Å². The number of hydrogen-bond donors (Lipinski definition) is 1. The van der Waals surface area contributed by atoms with Crippen molar-refractivity contribution in [1.82, 2.24) is 9.88 Å². The lowest BCUT2D eigenvalue weighted by molar-refractivity contribution is 0.189. The van der Waals surface area contributed by atoms with Gasteiger partial charge >= 0.3 is 0 Å². The van der Waals surface area contributed by atoms with Gasteiger partial charge in [0.15, 0.2) is 0 Å². The Balaban J connectivity index is 2.17. The number of methoxy groups -OCH3 is 1. The normalized spacial score (nSPS) is 15.0. The van der Waals surface area contributed by atoms with Crippen molar-refractivity contribution in [2.24, 2.45) is 0 Å². The summed E-state index contributed by atoms with van der Waals surface area (Å²) in [4.78, 5) is 12.6. The Morgan fingerprint density at radius 1 is 1.40 bits per heavy atom. The molecule has 20 heavy (non-hydrogen) atoms. The summed E-state index contributed by atoms with van der Waals surface area (Å²) in [6, 6.07) is 4.71. The molecule has 0 radical (unpaired) electrons. The minimum absolute atomic E-state index is 0.153. The Labute approximate surface area is 121 Å². The van der Waals surface area contributed by atoms with Gasteiger partial charge in [-0.15, -0.1) is 0 Å². The zero-order valence-electron chi connectivity index (χ0n) is 12.8. The predicted octanol–water partition coefficient (Wildman–Crippen LogP) is 2.26. The molecule has 2 rings (SSSR count). The van der Waals surface area contributed by atoms with Gasteiger partial charge in [0.1, 0.15) is 0 Å². The van der Waals surface area contributed by atoms with E-state index in [1.807, 2.05) is 10.6 Å². The summed E-state index contributed by atoms with van der Waals surface area (Å²) in [7, 11) is 1.70. The van der Waals surface area contributed by atoms with Crippen molar-refractivity contribution in [1.29, 1.82) is 0 Å². The molecule has 1 N–H and O–H groups in total. The lowest BCUT2D eigenvalue weighted by atomic mass is 10.1. The molecule has 0 saturated heterocycles. The zero-order valence-corrected chi connectivity index (χ0v) is 12.8. The lowest BCUT2D eigenvalue weighted by Gasteiger charge is -2.17. The molecule has 0 amide bonds. The van der Waals surface area contributed by atoms with E-state index in [4.69, 9.17) is 4.74 Å². The second-order valence-corrected chi connectivity index (χ2v) is 5.90. The van der Waals surface area contributed by atoms with Crippen LogP contribution in [0.1, 0.15) is 50.3 Å². The number of pyridine rings is 1. The molecule has 1 saturated carbocycles. The number of aromatic nitrogens is 1. The fourth-order valence-corrected chi connectivity index (χ4v) is 2.42. The van der Waals surface area contributed by atoms with Gasteiger partial charge in [0.05, 0.1) is 0 Å². The fraction of sp³-hybridized carbons (Fsp3) is 0.688. The third-order valence-electron chi connectivity index (χ3n) is 3.77. The molecular formula is C16H26N2O2. The SMILES string of the molecule is COCCCn1c(C(C)C)ccc(CNC2CC2)c1=O. The van der Waals surface area contributed by atoms with Crippen LogP contribution in [0, 0.1) is 0 Å². The van der Waals surface area contributed by atoms with Gasteiger partial charge in [0.2, 0.25) is 0 Å². The van der Waals surface area contributed by atoms with E-state index in [1.54, 1.807) is 7.11 Å². The van der Waals surface area contributed by atoms with Gasteiger partial charge in [0.25, 0.3) is 5.56 Å². The molecule has 1 aromatic rings. The molecule has 1 aliphatic rings. The molecule has 0 atom stereocenters. The molecule has 0 aliphatic heterocycles. The quantitative estimate of drug-likeness (QED) is 0.742. The molecule has 1 heterocycles. The molecule has 0 bridgehead atoms. The number of nitrogens with one attached hydrogen (secondary N) is 1. The van der Waals surface area contributed by atoms with E-state index in [0.717, 1.165) is 24.2 Å². The van der Waals surface area contributed by atoms with Crippen molar-refractivity contribution in [3.63, 3.8) is 0 Å². The van der Waals surface area contributed by atoms with Gasteiger partial charge in [-0.25, -0.2) is 0 Å². The summed E-state index contributed by atoms with van der Waals surface area (Å²) in [6.45, 7) is 6.37. The number of nitrogens with zero attached hydrogens (tertiary/aromatic N) is 1. The Morgan fingerprint density at radius 2 is 2.15 bits per heavy atom. The summed E-state index contributed by atoms with van der Waals surface area (Å²) in [6.07, 6.45) is 3.36. The van der Waals surface area contributed by atoms with E-state index in [9.17, 15) is 4.79 Å². The molecular weight excluding hydrogens is 252 g/mol. The molecule has 0 aromatic carbocycles. The second kappa shape index (κ2) is 7.04. The topological polar surface area (TPSA) is 43.3 Å².